The SMILES string of the molecule is CCCn1nccc1NC(=O)N1Cc2ccc(OC)cc2OC(C)(C)C1. The first-order valence-electron chi connectivity index (χ1n) is 8.85. The van der Waals surface area contributed by atoms with E-state index in [1.165, 1.54) is 0 Å². The van der Waals surface area contributed by atoms with Gasteiger partial charge < -0.3 is 14.4 Å². The molecule has 0 spiro atoms. The number of methoxy groups -OCH3 is 1. The highest BCUT2D eigenvalue weighted by atomic mass is 16.5. The molecule has 7 heteroatoms. The van der Waals surface area contributed by atoms with Crippen LogP contribution in [0.4, 0.5) is 10.6 Å². The van der Waals surface area contributed by atoms with Gasteiger partial charge in [-0.25, -0.2) is 9.48 Å². The van der Waals surface area contributed by atoms with Crippen LogP contribution in [0.15, 0.2) is 30.5 Å². The zero-order valence-electron chi connectivity index (χ0n) is 15.8. The number of aryl methyl sites for hydroxylation is 1. The Hall–Kier alpha value is -2.70. The maximum absolute atomic E-state index is 12.9. The predicted molar refractivity (Wildman–Crippen MR) is 99.6 cm³/mol. The van der Waals surface area contributed by atoms with Gasteiger partial charge in [0.1, 0.15) is 22.9 Å². The zero-order chi connectivity index (χ0) is 18.7. The quantitative estimate of drug-likeness (QED) is 0.908. The number of fused-ring (bicyclic) bond motifs is 1. The molecule has 2 amide bonds. The van der Waals surface area contributed by atoms with Crippen molar-refractivity contribution in [1.29, 1.82) is 0 Å². The molecule has 26 heavy (non-hydrogen) atoms. The van der Waals surface area contributed by atoms with Crippen molar-refractivity contribution in [3.63, 3.8) is 0 Å². The van der Waals surface area contributed by atoms with Gasteiger partial charge in [0.05, 0.1) is 26.4 Å². The molecule has 1 N–H and O–H groups in total. The number of anilines is 1. The number of carbonyl (C=O) groups is 1. The number of benzene rings is 1. The molecule has 7 nitrogen and oxygen atoms in total. The van der Waals surface area contributed by atoms with E-state index >= 15 is 0 Å². The van der Waals surface area contributed by atoms with Gasteiger partial charge in [-0.2, -0.15) is 5.10 Å². The van der Waals surface area contributed by atoms with Gasteiger partial charge >= 0.3 is 6.03 Å². The third kappa shape index (κ3) is 3.92. The molecule has 3 rings (SSSR count). The Kier molecular flexibility index (Phi) is 5.06. The van der Waals surface area contributed by atoms with Crippen LogP contribution >= 0.6 is 0 Å². The second-order valence-corrected chi connectivity index (χ2v) is 7.06. The van der Waals surface area contributed by atoms with E-state index in [2.05, 4.69) is 17.3 Å². The third-order valence-electron chi connectivity index (χ3n) is 4.27. The highest BCUT2D eigenvalue weighted by molar-refractivity contribution is 5.88. The number of hydrogen-bond acceptors (Lipinski definition) is 4. The number of ether oxygens (including phenoxy) is 2. The van der Waals surface area contributed by atoms with Crippen LogP contribution in [0.5, 0.6) is 11.5 Å². The molecule has 0 saturated carbocycles. The number of rotatable bonds is 4. The van der Waals surface area contributed by atoms with Crippen molar-refractivity contribution in [3.8, 4) is 11.5 Å². The summed E-state index contributed by atoms with van der Waals surface area (Å²) in [5.74, 6) is 2.19. The largest absolute Gasteiger partial charge is 0.497 e. The Morgan fingerprint density at radius 1 is 1.38 bits per heavy atom. The number of hydrogen-bond donors (Lipinski definition) is 1. The minimum absolute atomic E-state index is 0.164. The summed E-state index contributed by atoms with van der Waals surface area (Å²) in [6.45, 7) is 7.73. The molecule has 1 aliphatic heterocycles. The molecule has 0 fully saturated rings. The van der Waals surface area contributed by atoms with E-state index in [1.54, 1.807) is 22.9 Å². The van der Waals surface area contributed by atoms with E-state index in [4.69, 9.17) is 9.47 Å². The fourth-order valence-electron chi connectivity index (χ4n) is 3.10. The van der Waals surface area contributed by atoms with Crippen LogP contribution < -0.4 is 14.8 Å². The summed E-state index contributed by atoms with van der Waals surface area (Å²) in [5, 5.41) is 7.22. The summed E-state index contributed by atoms with van der Waals surface area (Å²) in [6, 6.07) is 7.34. The molecule has 0 bridgehead atoms. The number of urea groups is 1. The van der Waals surface area contributed by atoms with Crippen LogP contribution in [-0.2, 0) is 13.1 Å². The van der Waals surface area contributed by atoms with Gasteiger partial charge in [0.2, 0.25) is 0 Å². The Balaban J connectivity index is 1.82. The van der Waals surface area contributed by atoms with Gasteiger partial charge in [-0.15, -0.1) is 0 Å². The standard InChI is InChI=1S/C19H26N4O3/c1-5-10-23-17(8-9-20-23)21-18(24)22-12-14-6-7-15(25-4)11-16(14)26-19(2,3)13-22/h6-9,11H,5,10,12-13H2,1-4H3,(H,21,24). The smallest absolute Gasteiger partial charge is 0.323 e. The zero-order valence-corrected chi connectivity index (χ0v) is 15.8. The van der Waals surface area contributed by atoms with Crippen LogP contribution in [0, 0.1) is 0 Å². The molecule has 2 aromatic rings. The van der Waals surface area contributed by atoms with Crippen molar-refractivity contribution in [1.82, 2.24) is 14.7 Å². The molecular weight excluding hydrogens is 332 g/mol. The lowest BCUT2D eigenvalue weighted by molar-refractivity contribution is 0.0832. The average Bonchev–Trinajstić information content (AvgIpc) is 2.96. The Morgan fingerprint density at radius 3 is 2.92 bits per heavy atom. The lowest BCUT2D eigenvalue weighted by Gasteiger charge is -2.29. The lowest BCUT2D eigenvalue weighted by atomic mass is 10.1. The van der Waals surface area contributed by atoms with Crippen LogP contribution in [0.1, 0.15) is 32.8 Å². The summed E-state index contributed by atoms with van der Waals surface area (Å²) in [6.07, 6.45) is 2.65. The van der Waals surface area contributed by atoms with Crippen LogP contribution in [-0.4, -0.2) is 40.0 Å². The molecule has 1 aromatic carbocycles. The fraction of sp³-hybridized carbons (Fsp3) is 0.474. The second-order valence-electron chi connectivity index (χ2n) is 7.06. The van der Waals surface area contributed by atoms with Crippen molar-refractivity contribution in [3.05, 3.63) is 36.0 Å². The molecular formula is C19H26N4O3. The molecule has 1 aliphatic rings. The van der Waals surface area contributed by atoms with Gasteiger partial charge in [0.15, 0.2) is 0 Å². The van der Waals surface area contributed by atoms with Crippen molar-refractivity contribution in [2.45, 2.75) is 45.9 Å². The Morgan fingerprint density at radius 2 is 2.19 bits per heavy atom. The van der Waals surface area contributed by atoms with Gasteiger partial charge in [0, 0.05) is 24.2 Å². The van der Waals surface area contributed by atoms with E-state index in [0.29, 0.717) is 18.9 Å². The third-order valence-corrected chi connectivity index (χ3v) is 4.27. The fourth-order valence-corrected chi connectivity index (χ4v) is 3.10. The van der Waals surface area contributed by atoms with Gasteiger partial charge in [0.25, 0.3) is 0 Å². The Labute approximate surface area is 153 Å². The molecule has 0 radical (unpaired) electrons. The molecule has 1 aromatic heterocycles. The molecule has 0 atom stereocenters. The van der Waals surface area contributed by atoms with E-state index in [0.717, 1.165) is 30.0 Å². The first-order chi connectivity index (χ1) is 12.4. The lowest BCUT2D eigenvalue weighted by Crippen LogP contribution is -2.45. The molecule has 0 saturated heterocycles. The minimum Gasteiger partial charge on any atom is -0.497 e. The van der Waals surface area contributed by atoms with E-state index in [-0.39, 0.29) is 6.03 Å². The van der Waals surface area contributed by atoms with Crippen molar-refractivity contribution < 1.29 is 14.3 Å². The summed E-state index contributed by atoms with van der Waals surface area (Å²) < 4.78 is 13.2. The summed E-state index contributed by atoms with van der Waals surface area (Å²) in [7, 11) is 1.63. The molecule has 2 heterocycles. The van der Waals surface area contributed by atoms with Crippen molar-refractivity contribution in [2.75, 3.05) is 19.0 Å². The first kappa shape index (κ1) is 18.1. The highest BCUT2D eigenvalue weighted by Gasteiger charge is 2.32. The van der Waals surface area contributed by atoms with Crippen molar-refractivity contribution >= 4 is 11.8 Å². The highest BCUT2D eigenvalue weighted by Crippen LogP contribution is 2.32. The average molecular weight is 358 g/mol. The van der Waals surface area contributed by atoms with Crippen LogP contribution in [0.3, 0.4) is 0 Å². The number of nitrogens with one attached hydrogen (secondary N) is 1. The van der Waals surface area contributed by atoms with Gasteiger partial charge in [-0.05, 0) is 32.4 Å². The summed E-state index contributed by atoms with van der Waals surface area (Å²) in [5.41, 5.74) is 0.437. The first-order valence-corrected chi connectivity index (χ1v) is 8.85. The topological polar surface area (TPSA) is 68.6 Å². The molecule has 0 aliphatic carbocycles. The second kappa shape index (κ2) is 7.27. The molecule has 0 unspecified atom stereocenters. The van der Waals surface area contributed by atoms with Crippen LogP contribution in [0.2, 0.25) is 0 Å². The molecule has 140 valence electrons. The van der Waals surface area contributed by atoms with Gasteiger partial charge in [-0.1, -0.05) is 6.92 Å². The maximum Gasteiger partial charge on any atom is 0.323 e. The Bertz CT molecular complexity index is 785. The monoisotopic (exact) mass is 358 g/mol. The number of carbonyl (C=O) groups excluding carboxylic acids is 1. The van der Waals surface area contributed by atoms with E-state index < -0.39 is 5.60 Å². The van der Waals surface area contributed by atoms with E-state index in [1.807, 2.05) is 38.1 Å². The maximum atomic E-state index is 12.9. The van der Waals surface area contributed by atoms with Crippen molar-refractivity contribution in [2.24, 2.45) is 0 Å². The van der Waals surface area contributed by atoms with Crippen LogP contribution in [0.25, 0.3) is 0 Å². The van der Waals surface area contributed by atoms with E-state index in [9.17, 15) is 4.79 Å². The summed E-state index contributed by atoms with van der Waals surface area (Å²) in [4.78, 5) is 14.7. The number of nitrogens with zero attached hydrogens (tertiary/aromatic N) is 3. The predicted octanol–water partition coefficient (Wildman–Crippen LogP) is 3.51. The number of amides is 2. The summed E-state index contributed by atoms with van der Waals surface area (Å²) >= 11 is 0. The number of aromatic nitrogens is 2. The normalized spacial score (nSPS) is 15.6. The van der Waals surface area contributed by atoms with Gasteiger partial charge in [-0.3, -0.25) is 5.32 Å². The minimum atomic E-state index is -0.515.